The number of fused-ring (bicyclic) bond motifs is 2. The Labute approximate surface area is 97.4 Å². The first-order valence-electron chi connectivity index (χ1n) is 4.39. The maximum atomic E-state index is 9.79. The van der Waals surface area contributed by atoms with Gasteiger partial charge in [-0.1, -0.05) is 19.8 Å². The molecule has 68 valence electrons. The third-order valence-electron chi connectivity index (χ3n) is 3.29. The van der Waals surface area contributed by atoms with Crippen molar-refractivity contribution in [2.75, 3.05) is 0 Å². The van der Waals surface area contributed by atoms with Crippen LogP contribution in [0.2, 0.25) is 0 Å². The van der Waals surface area contributed by atoms with Gasteiger partial charge in [-0.15, -0.1) is 5.92 Å². The molecule has 2 fully saturated rings. The van der Waals surface area contributed by atoms with Crippen molar-refractivity contribution in [1.82, 2.24) is 0 Å². The zero-order valence-corrected chi connectivity index (χ0v) is 11.7. The Morgan fingerprint density at radius 2 is 2.33 bits per heavy atom. The van der Waals surface area contributed by atoms with E-state index in [1.165, 1.54) is 0 Å². The average Bonchev–Trinajstić information content (AvgIpc) is 2.42. The SMILES string of the molecule is CC[C@@]12C[C@H](C)[C@H]([CH-]O1)[C@@H]2O.[U]. The second kappa shape index (κ2) is 3.61. The molecule has 0 aromatic carbocycles. The standard InChI is InChI=1S/C9H15O2.U/c1-3-9-4-6(2)7(5-11-9)8(9)10;/h5-8,10H,3-4H2,1-2H3;/q-1;/t6-,7-,8-,9-;/m0./s1. The van der Waals surface area contributed by atoms with E-state index in [1.807, 2.05) is 6.61 Å². The van der Waals surface area contributed by atoms with Gasteiger partial charge in [-0.3, -0.25) is 0 Å². The Balaban J connectivity index is 0.000000720. The Hall–Kier alpha value is 0.972. The normalized spacial score (nSPS) is 50.8. The number of hydrogen-bond acceptors (Lipinski definition) is 2. The first-order valence-corrected chi connectivity index (χ1v) is 4.39. The van der Waals surface area contributed by atoms with E-state index in [1.54, 1.807) is 0 Å². The molecule has 1 N–H and O–H groups in total. The van der Waals surface area contributed by atoms with Crippen molar-refractivity contribution < 1.29 is 41.0 Å². The minimum Gasteiger partial charge on any atom is -0.545 e. The zero-order valence-electron chi connectivity index (χ0n) is 7.58. The Morgan fingerprint density at radius 1 is 1.67 bits per heavy atom. The summed E-state index contributed by atoms with van der Waals surface area (Å²) in [5.41, 5.74) is -0.218. The summed E-state index contributed by atoms with van der Waals surface area (Å²) in [7, 11) is 0. The van der Waals surface area contributed by atoms with E-state index in [0.29, 0.717) is 5.92 Å². The summed E-state index contributed by atoms with van der Waals surface area (Å²) in [6.45, 7) is 6.10. The van der Waals surface area contributed by atoms with Crippen LogP contribution < -0.4 is 0 Å². The first-order chi connectivity index (χ1) is 5.19. The van der Waals surface area contributed by atoms with E-state index < -0.39 is 0 Å². The minimum atomic E-state index is -0.248. The van der Waals surface area contributed by atoms with Gasteiger partial charge in [0, 0.05) is 31.1 Å². The molecule has 4 atom stereocenters. The largest absolute Gasteiger partial charge is 0.545 e. The van der Waals surface area contributed by atoms with Crippen molar-refractivity contribution in [3.63, 3.8) is 0 Å². The number of ether oxygens (including phenoxy) is 1. The quantitative estimate of drug-likeness (QED) is 0.682. The molecule has 1 heterocycles. The summed E-state index contributed by atoms with van der Waals surface area (Å²) in [6.07, 6.45) is 1.69. The molecule has 2 rings (SSSR count). The van der Waals surface area contributed by atoms with Gasteiger partial charge in [0.2, 0.25) is 0 Å². The van der Waals surface area contributed by atoms with Crippen LogP contribution in [-0.4, -0.2) is 16.8 Å². The third-order valence-corrected chi connectivity index (χ3v) is 3.29. The van der Waals surface area contributed by atoms with Crippen molar-refractivity contribution in [3.05, 3.63) is 6.61 Å². The van der Waals surface area contributed by atoms with E-state index in [0.717, 1.165) is 12.8 Å². The van der Waals surface area contributed by atoms with Crippen molar-refractivity contribution in [2.24, 2.45) is 11.8 Å². The van der Waals surface area contributed by atoms with Crippen LogP contribution in [-0.2, 0) is 4.74 Å². The second-order valence-electron chi connectivity index (χ2n) is 3.88. The number of aliphatic hydroxyl groups excluding tert-OH is 1. The second-order valence-corrected chi connectivity index (χ2v) is 3.88. The van der Waals surface area contributed by atoms with Crippen LogP contribution in [0.5, 0.6) is 0 Å². The van der Waals surface area contributed by atoms with Crippen molar-refractivity contribution in [2.45, 2.75) is 38.4 Å². The van der Waals surface area contributed by atoms with E-state index in [-0.39, 0.29) is 48.7 Å². The van der Waals surface area contributed by atoms with Gasteiger partial charge in [-0.05, 0) is 12.8 Å². The molecule has 1 saturated carbocycles. The van der Waals surface area contributed by atoms with E-state index in [2.05, 4.69) is 13.8 Å². The van der Waals surface area contributed by atoms with Gasteiger partial charge in [0.05, 0.1) is 11.7 Å². The number of aliphatic hydroxyl groups is 1. The van der Waals surface area contributed by atoms with Crippen LogP contribution in [0.15, 0.2) is 0 Å². The molecule has 0 radical (unpaired) electrons. The average molecular weight is 393 g/mol. The molecule has 0 spiro atoms. The fourth-order valence-corrected chi connectivity index (χ4v) is 2.44. The number of hydrogen-bond donors (Lipinski definition) is 1. The van der Waals surface area contributed by atoms with Crippen LogP contribution in [0, 0.1) is 49.6 Å². The Bertz CT molecular complexity index is 174. The van der Waals surface area contributed by atoms with Gasteiger partial charge in [-0.25, -0.2) is 6.61 Å². The first kappa shape index (κ1) is 11.0. The van der Waals surface area contributed by atoms with Crippen LogP contribution in [0.4, 0.5) is 0 Å². The summed E-state index contributed by atoms with van der Waals surface area (Å²) < 4.78 is 5.50. The molecule has 2 aliphatic rings. The molecule has 0 amide bonds. The van der Waals surface area contributed by atoms with E-state index in [4.69, 9.17) is 4.74 Å². The van der Waals surface area contributed by atoms with E-state index in [9.17, 15) is 5.11 Å². The van der Waals surface area contributed by atoms with Gasteiger partial charge in [0.25, 0.3) is 0 Å². The molecule has 2 nitrogen and oxygen atoms in total. The van der Waals surface area contributed by atoms with Gasteiger partial charge in [0.15, 0.2) is 0 Å². The third kappa shape index (κ3) is 1.30. The van der Waals surface area contributed by atoms with Crippen molar-refractivity contribution >= 4 is 0 Å². The molecule has 1 aliphatic carbocycles. The summed E-state index contributed by atoms with van der Waals surface area (Å²) in [5.74, 6) is 0.883. The molecule has 0 aromatic heterocycles. The summed E-state index contributed by atoms with van der Waals surface area (Å²) >= 11 is 0. The molecule has 2 bridgehead atoms. The smallest absolute Gasteiger partial charge is 0.0590 e. The van der Waals surface area contributed by atoms with Crippen molar-refractivity contribution in [1.29, 1.82) is 0 Å². The van der Waals surface area contributed by atoms with E-state index >= 15 is 0 Å². The molecule has 1 aliphatic heterocycles. The maximum absolute atomic E-state index is 9.79. The number of rotatable bonds is 1. The Kier molecular flexibility index (Phi) is 3.33. The van der Waals surface area contributed by atoms with Gasteiger partial charge in [0.1, 0.15) is 0 Å². The maximum Gasteiger partial charge on any atom is 0.0590 e. The molecule has 1 saturated heterocycles. The molecule has 0 unspecified atom stereocenters. The monoisotopic (exact) mass is 393 g/mol. The Morgan fingerprint density at radius 3 is 2.58 bits per heavy atom. The summed E-state index contributed by atoms with van der Waals surface area (Å²) in [4.78, 5) is 0. The van der Waals surface area contributed by atoms with Crippen molar-refractivity contribution in [3.8, 4) is 0 Å². The molecule has 0 aromatic rings. The molecule has 12 heavy (non-hydrogen) atoms. The van der Waals surface area contributed by atoms with Crippen LogP contribution in [0.25, 0.3) is 0 Å². The molecule has 3 heteroatoms. The van der Waals surface area contributed by atoms with Gasteiger partial charge in [-0.2, -0.15) is 0 Å². The summed E-state index contributed by atoms with van der Waals surface area (Å²) in [6, 6.07) is 0. The topological polar surface area (TPSA) is 29.5 Å². The van der Waals surface area contributed by atoms with Crippen LogP contribution >= 0.6 is 0 Å². The van der Waals surface area contributed by atoms with Crippen LogP contribution in [0.1, 0.15) is 26.7 Å². The van der Waals surface area contributed by atoms with Crippen LogP contribution in [0.3, 0.4) is 0 Å². The zero-order chi connectivity index (χ0) is 8.06. The fourth-order valence-electron chi connectivity index (χ4n) is 2.44. The predicted octanol–water partition coefficient (Wildman–Crippen LogP) is 1.34. The molecular weight excluding hydrogens is 378 g/mol. The molecular formula is C9H15O2U-. The summed E-state index contributed by atoms with van der Waals surface area (Å²) in [5, 5.41) is 9.79. The minimum absolute atomic E-state index is 0. The fraction of sp³-hybridized carbons (Fsp3) is 0.889. The van der Waals surface area contributed by atoms with Gasteiger partial charge < -0.3 is 9.84 Å². The van der Waals surface area contributed by atoms with Gasteiger partial charge >= 0.3 is 0 Å². The predicted molar refractivity (Wildman–Crippen MR) is 41.7 cm³/mol.